The number of carbonyl (C=O) groups is 1. The van der Waals surface area contributed by atoms with Crippen molar-refractivity contribution < 1.29 is 17.6 Å². The summed E-state index contributed by atoms with van der Waals surface area (Å²) in [4.78, 5) is 12.2. The summed E-state index contributed by atoms with van der Waals surface area (Å²) in [5, 5.41) is 2.75. The van der Waals surface area contributed by atoms with E-state index in [1.54, 1.807) is 30.3 Å². The molecule has 0 saturated heterocycles. The molecule has 0 unspecified atom stereocenters. The zero-order chi connectivity index (χ0) is 19.0. The molecule has 1 amide bonds. The number of hydrogen-bond donors (Lipinski definition) is 1. The van der Waals surface area contributed by atoms with Gasteiger partial charge in [-0.15, -0.1) is 0 Å². The molecule has 2 rings (SSSR count). The van der Waals surface area contributed by atoms with Crippen LogP contribution >= 0.6 is 0 Å². The average molecular weight is 378 g/mol. The lowest BCUT2D eigenvalue weighted by Gasteiger charge is -2.24. The largest absolute Gasteiger partial charge is 0.355 e. The third-order valence-corrected chi connectivity index (χ3v) is 5.62. The van der Waals surface area contributed by atoms with Crippen molar-refractivity contribution in [2.24, 2.45) is 0 Å². The Balaban J connectivity index is 2.24. The molecule has 0 aliphatic carbocycles. The minimum Gasteiger partial charge on any atom is -0.355 e. The summed E-state index contributed by atoms with van der Waals surface area (Å²) in [5.74, 6) is -0.903. The van der Waals surface area contributed by atoms with E-state index in [1.165, 1.54) is 12.1 Å². The van der Waals surface area contributed by atoms with Gasteiger partial charge >= 0.3 is 0 Å². The van der Waals surface area contributed by atoms with Gasteiger partial charge in [0.2, 0.25) is 5.91 Å². The summed E-state index contributed by atoms with van der Waals surface area (Å²) >= 11 is 0. The number of carbonyl (C=O) groups excluding carboxylic acids is 1. The Hall–Kier alpha value is -2.41. The molecular formula is C19H23FN2O3S. The van der Waals surface area contributed by atoms with E-state index < -0.39 is 15.8 Å². The third-order valence-electron chi connectivity index (χ3n) is 3.84. The van der Waals surface area contributed by atoms with Crippen molar-refractivity contribution >= 4 is 21.6 Å². The molecule has 140 valence electrons. The van der Waals surface area contributed by atoms with Crippen molar-refractivity contribution in [1.29, 1.82) is 0 Å². The maximum absolute atomic E-state index is 13.1. The molecule has 26 heavy (non-hydrogen) atoms. The summed E-state index contributed by atoms with van der Waals surface area (Å²) in [6, 6.07) is 12.9. The summed E-state index contributed by atoms with van der Waals surface area (Å²) in [6.45, 7) is 2.23. The van der Waals surface area contributed by atoms with Crippen LogP contribution in [0.4, 0.5) is 10.1 Å². The quantitative estimate of drug-likeness (QED) is 0.681. The monoisotopic (exact) mass is 378 g/mol. The Labute approximate surface area is 153 Å². The normalized spacial score (nSPS) is 11.2. The smallest absolute Gasteiger partial charge is 0.264 e. The summed E-state index contributed by atoms with van der Waals surface area (Å²) in [5.41, 5.74) is 0.375. The van der Waals surface area contributed by atoms with Gasteiger partial charge < -0.3 is 5.32 Å². The Bertz CT molecular complexity index is 808. The lowest BCUT2D eigenvalue weighted by molar-refractivity contribution is -0.119. The molecule has 0 aromatic heterocycles. The molecule has 0 radical (unpaired) electrons. The molecule has 2 aromatic carbocycles. The summed E-state index contributed by atoms with van der Waals surface area (Å²) in [7, 11) is -4.00. The van der Waals surface area contributed by atoms with Gasteiger partial charge in [-0.3, -0.25) is 9.10 Å². The minimum absolute atomic E-state index is 0.0680. The van der Waals surface area contributed by atoms with Gasteiger partial charge in [-0.2, -0.15) is 0 Å². The molecule has 0 atom stereocenters. The Kier molecular flexibility index (Phi) is 7.15. The maximum Gasteiger partial charge on any atom is 0.264 e. The van der Waals surface area contributed by atoms with E-state index in [2.05, 4.69) is 12.2 Å². The van der Waals surface area contributed by atoms with Gasteiger partial charge in [-0.1, -0.05) is 38.0 Å². The third kappa shape index (κ3) is 5.29. The van der Waals surface area contributed by atoms with Crippen molar-refractivity contribution in [2.45, 2.75) is 31.1 Å². The number of para-hydroxylation sites is 1. The first-order valence-corrected chi connectivity index (χ1v) is 9.99. The number of anilines is 1. The second-order valence-corrected chi connectivity index (χ2v) is 7.72. The van der Waals surface area contributed by atoms with E-state index in [-0.39, 0.29) is 17.3 Å². The number of sulfonamides is 1. The zero-order valence-electron chi connectivity index (χ0n) is 14.7. The number of rotatable bonds is 9. The van der Waals surface area contributed by atoms with Crippen molar-refractivity contribution in [3.8, 4) is 0 Å². The maximum atomic E-state index is 13.1. The van der Waals surface area contributed by atoms with Crippen LogP contribution in [0.2, 0.25) is 0 Å². The molecule has 0 bridgehead atoms. The highest BCUT2D eigenvalue weighted by atomic mass is 32.2. The number of nitrogens with one attached hydrogen (secondary N) is 1. The molecule has 7 heteroatoms. The first-order valence-electron chi connectivity index (χ1n) is 8.55. The van der Waals surface area contributed by atoms with E-state index in [1.807, 2.05) is 0 Å². The van der Waals surface area contributed by atoms with Crippen LogP contribution in [0.1, 0.15) is 26.2 Å². The highest BCUT2D eigenvalue weighted by Crippen LogP contribution is 2.23. The van der Waals surface area contributed by atoms with Crippen LogP contribution in [0, 0.1) is 5.82 Å². The highest BCUT2D eigenvalue weighted by Gasteiger charge is 2.27. The number of unbranched alkanes of at least 4 members (excludes halogenated alkanes) is 2. The predicted octanol–water partition coefficient (Wildman–Crippen LogP) is 3.33. The molecule has 0 aliphatic heterocycles. The van der Waals surface area contributed by atoms with Crippen LogP contribution in [0.5, 0.6) is 0 Å². The standard InChI is InChI=1S/C19H23FN2O3S/c1-2-3-7-14-21-19(23)15-22(17-8-5-4-6-9-17)26(24,25)18-12-10-16(20)11-13-18/h4-6,8-13H,2-3,7,14-15H2,1H3,(H,21,23). The number of halogens is 1. The minimum atomic E-state index is -4.00. The van der Waals surface area contributed by atoms with Gasteiger partial charge in [-0.25, -0.2) is 12.8 Å². The number of nitrogens with zero attached hydrogens (tertiary/aromatic N) is 1. The topological polar surface area (TPSA) is 66.5 Å². The molecular weight excluding hydrogens is 355 g/mol. The molecule has 5 nitrogen and oxygen atoms in total. The molecule has 0 heterocycles. The van der Waals surface area contributed by atoms with Crippen molar-refractivity contribution in [3.63, 3.8) is 0 Å². The highest BCUT2D eigenvalue weighted by molar-refractivity contribution is 7.92. The first-order chi connectivity index (χ1) is 12.4. The number of amides is 1. The zero-order valence-corrected chi connectivity index (χ0v) is 15.5. The van der Waals surface area contributed by atoms with Gasteiger partial charge in [0.05, 0.1) is 10.6 Å². The van der Waals surface area contributed by atoms with Gasteiger partial charge in [0.15, 0.2) is 0 Å². The van der Waals surface area contributed by atoms with Crippen LogP contribution in [0.3, 0.4) is 0 Å². The van der Waals surface area contributed by atoms with Crippen LogP contribution in [-0.4, -0.2) is 27.4 Å². The van der Waals surface area contributed by atoms with Crippen LogP contribution in [-0.2, 0) is 14.8 Å². The fraction of sp³-hybridized carbons (Fsp3) is 0.316. The first kappa shape index (κ1) is 19.9. The van der Waals surface area contributed by atoms with E-state index in [0.717, 1.165) is 35.7 Å². The van der Waals surface area contributed by atoms with E-state index in [9.17, 15) is 17.6 Å². The van der Waals surface area contributed by atoms with Crippen LogP contribution in [0.15, 0.2) is 59.5 Å². The van der Waals surface area contributed by atoms with E-state index in [0.29, 0.717) is 12.2 Å². The molecule has 0 aliphatic rings. The molecule has 1 N–H and O–H groups in total. The lowest BCUT2D eigenvalue weighted by Crippen LogP contribution is -2.41. The molecule has 0 fully saturated rings. The number of benzene rings is 2. The van der Waals surface area contributed by atoms with Gasteiger partial charge in [0.1, 0.15) is 12.4 Å². The molecule has 0 saturated carbocycles. The predicted molar refractivity (Wildman–Crippen MR) is 99.9 cm³/mol. The fourth-order valence-electron chi connectivity index (χ4n) is 2.43. The SMILES string of the molecule is CCCCCNC(=O)CN(c1ccccc1)S(=O)(=O)c1ccc(F)cc1. The Morgan fingerprint density at radius 3 is 2.31 bits per heavy atom. The van der Waals surface area contributed by atoms with E-state index >= 15 is 0 Å². The Morgan fingerprint density at radius 2 is 1.69 bits per heavy atom. The summed E-state index contributed by atoms with van der Waals surface area (Å²) < 4.78 is 40.1. The van der Waals surface area contributed by atoms with Crippen molar-refractivity contribution in [3.05, 3.63) is 60.4 Å². The second kappa shape index (κ2) is 9.33. The van der Waals surface area contributed by atoms with Crippen LogP contribution < -0.4 is 9.62 Å². The van der Waals surface area contributed by atoms with Gasteiger partial charge in [0, 0.05) is 6.54 Å². The second-order valence-electron chi connectivity index (χ2n) is 5.86. The van der Waals surface area contributed by atoms with Gasteiger partial charge in [-0.05, 0) is 42.8 Å². The van der Waals surface area contributed by atoms with Crippen molar-refractivity contribution in [2.75, 3.05) is 17.4 Å². The van der Waals surface area contributed by atoms with E-state index in [4.69, 9.17) is 0 Å². The average Bonchev–Trinajstić information content (AvgIpc) is 2.64. The summed E-state index contributed by atoms with van der Waals surface area (Å²) in [6.07, 6.45) is 2.87. The fourth-order valence-corrected chi connectivity index (χ4v) is 3.85. The van der Waals surface area contributed by atoms with Crippen LogP contribution in [0.25, 0.3) is 0 Å². The number of hydrogen-bond acceptors (Lipinski definition) is 3. The lowest BCUT2D eigenvalue weighted by atomic mass is 10.2. The van der Waals surface area contributed by atoms with Gasteiger partial charge in [0.25, 0.3) is 10.0 Å². The Morgan fingerprint density at radius 1 is 1.04 bits per heavy atom. The molecule has 2 aromatic rings. The van der Waals surface area contributed by atoms with Crippen molar-refractivity contribution in [1.82, 2.24) is 5.32 Å². The molecule has 0 spiro atoms.